The topological polar surface area (TPSA) is 53.6 Å². The highest BCUT2D eigenvalue weighted by molar-refractivity contribution is 5.89. The van der Waals surface area contributed by atoms with Crippen LogP contribution in [-0.4, -0.2) is 49.3 Å². The molecule has 2 amide bonds. The van der Waals surface area contributed by atoms with Crippen molar-refractivity contribution in [2.45, 2.75) is 26.4 Å². The number of nitrogens with one attached hydrogen (secondary N) is 2. The van der Waals surface area contributed by atoms with Gasteiger partial charge in [0.1, 0.15) is 0 Å². The first-order valence-electron chi connectivity index (χ1n) is 7.42. The molecule has 0 unspecified atom stereocenters. The highest BCUT2D eigenvalue weighted by atomic mass is 16.5. The standard InChI is InChI=1S/C16H25N3O2/c1-13-4-6-14(7-5-13)18-15(20)17-8-9-19-10-11-21-16(2,3)12-19/h4-7H,8-12H2,1-3H3,(H2,17,18,20). The van der Waals surface area contributed by atoms with Crippen LogP contribution in [0.15, 0.2) is 24.3 Å². The maximum atomic E-state index is 11.8. The lowest BCUT2D eigenvalue weighted by Crippen LogP contribution is -2.50. The van der Waals surface area contributed by atoms with E-state index in [2.05, 4.69) is 29.4 Å². The molecule has 0 radical (unpaired) electrons. The van der Waals surface area contributed by atoms with Gasteiger partial charge in [0.15, 0.2) is 0 Å². The number of urea groups is 1. The van der Waals surface area contributed by atoms with Gasteiger partial charge in [0.05, 0.1) is 12.2 Å². The predicted octanol–water partition coefficient (Wildman–Crippen LogP) is 2.23. The maximum Gasteiger partial charge on any atom is 0.319 e. The number of ether oxygens (including phenoxy) is 1. The van der Waals surface area contributed by atoms with Crippen LogP contribution in [0.3, 0.4) is 0 Å². The molecular weight excluding hydrogens is 266 g/mol. The Bertz CT molecular complexity index is 471. The third kappa shape index (κ3) is 5.36. The number of nitrogens with zero attached hydrogens (tertiary/aromatic N) is 1. The second-order valence-electron chi connectivity index (χ2n) is 6.13. The van der Waals surface area contributed by atoms with Crippen molar-refractivity contribution in [1.82, 2.24) is 10.2 Å². The Labute approximate surface area is 126 Å². The average Bonchev–Trinajstić information content (AvgIpc) is 2.40. The first-order valence-corrected chi connectivity index (χ1v) is 7.42. The molecule has 1 fully saturated rings. The van der Waals surface area contributed by atoms with Gasteiger partial charge >= 0.3 is 6.03 Å². The van der Waals surface area contributed by atoms with Crippen molar-refractivity contribution in [3.8, 4) is 0 Å². The number of rotatable bonds is 4. The van der Waals surface area contributed by atoms with Gasteiger partial charge < -0.3 is 15.4 Å². The van der Waals surface area contributed by atoms with Crippen LogP contribution in [0.5, 0.6) is 0 Å². The van der Waals surface area contributed by atoms with Crippen molar-refractivity contribution in [3.05, 3.63) is 29.8 Å². The highest BCUT2D eigenvalue weighted by Gasteiger charge is 2.26. The number of anilines is 1. The van der Waals surface area contributed by atoms with Crippen LogP contribution in [-0.2, 0) is 4.74 Å². The van der Waals surface area contributed by atoms with Gasteiger partial charge in [-0.2, -0.15) is 0 Å². The van der Waals surface area contributed by atoms with Gasteiger partial charge in [0.25, 0.3) is 0 Å². The van der Waals surface area contributed by atoms with Gasteiger partial charge in [-0.3, -0.25) is 4.90 Å². The Hall–Kier alpha value is -1.59. The van der Waals surface area contributed by atoms with Gasteiger partial charge in [-0.05, 0) is 32.9 Å². The Kier molecular flexibility index (Phi) is 5.20. The number of hydrogen-bond acceptors (Lipinski definition) is 3. The average molecular weight is 291 g/mol. The Morgan fingerprint density at radius 1 is 1.33 bits per heavy atom. The van der Waals surface area contributed by atoms with Crippen LogP contribution in [0.1, 0.15) is 19.4 Å². The van der Waals surface area contributed by atoms with Crippen molar-refractivity contribution < 1.29 is 9.53 Å². The first kappa shape index (κ1) is 15.8. The molecule has 1 saturated heterocycles. The van der Waals surface area contributed by atoms with Crippen LogP contribution in [0.25, 0.3) is 0 Å². The molecule has 1 aromatic rings. The van der Waals surface area contributed by atoms with Gasteiger partial charge in [-0.1, -0.05) is 17.7 Å². The fraction of sp³-hybridized carbons (Fsp3) is 0.562. The number of amides is 2. The van der Waals surface area contributed by atoms with Crippen LogP contribution >= 0.6 is 0 Å². The number of carbonyl (C=O) groups excluding carboxylic acids is 1. The van der Waals surface area contributed by atoms with E-state index in [0.717, 1.165) is 31.9 Å². The zero-order valence-corrected chi connectivity index (χ0v) is 13.1. The Morgan fingerprint density at radius 2 is 2.05 bits per heavy atom. The zero-order valence-electron chi connectivity index (χ0n) is 13.1. The number of morpholine rings is 1. The summed E-state index contributed by atoms with van der Waals surface area (Å²) in [6, 6.07) is 7.60. The second kappa shape index (κ2) is 6.91. The largest absolute Gasteiger partial charge is 0.373 e. The molecule has 0 aliphatic carbocycles. The summed E-state index contributed by atoms with van der Waals surface area (Å²) >= 11 is 0. The molecule has 5 nitrogen and oxygen atoms in total. The van der Waals surface area contributed by atoms with E-state index in [1.54, 1.807) is 0 Å². The fourth-order valence-electron chi connectivity index (χ4n) is 2.44. The third-order valence-corrected chi connectivity index (χ3v) is 3.53. The molecule has 21 heavy (non-hydrogen) atoms. The molecule has 2 N–H and O–H groups in total. The fourth-order valence-corrected chi connectivity index (χ4v) is 2.44. The Morgan fingerprint density at radius 3 is 2.71 bits per heavy atom. The van der Waals surface area contributed by atoms with Crippen molar-refractivity contribution in [1.29, 1.82) is 0 Å². The first-order chi connectivity index (χ1) is 9.94. The van der Waals surface area contributed by atoms with E-state index in [1.807, 2.05) is 31.2 Å². The summed E-state index contributed by atoms with van der Waals surface area (Å²) in [5.41, 5.74) is 1.89. The molecule has 0 aromatic heterocycles. The summed E-state index contributed by atoms with van der Waals surface area (Å²) in [6.45, 7) is 10.3. The predicted molar refractivity (Wildman–Crippen MR) is 84.7 cm³/mol. The molecule has 116 valence electrons. The minimum atomic E-state index is -0.161. The van der Waals surface area contributed by atoms with E-state index in [4.69, 9.17) is 4.74 Å². The SMILES string of the molecule is Cc1ccc(NC(=O)NCCN2CCOC(C)(C)C2)cc1. The normalized spacial score (nSPS) is 18.2. The van der Waals surface area contributed by atoms with Crippen molar-refractivity contribution in [2.75, 3.05) is 38.1 Å². The third-order valence-electron chi connectivity index (χ3n) is 3.53. The highest BCUT2D eigenvalue weighted by Crippen LogP contribution is 2.15. The number of carbonyl (C=O) groups is 1. The van der Waals surface area contributed by atoms with Crippen LogP contribution in [0.4, 0.5) is 10.5 Å². The van der Waals surface area contributed by atoms with E-state index in [9.17, 15) is 4.79 Å². The van der Waals surface area contributed by atoms with Crippen molar-refractivity contribution >= 4 is 11.7 Å². The smallest absolute Gasteiger partial charge is 0.319 e. The van der Waals surface area contributed by atoms with Gasteiger partial charge in [-0.25, -0.2) is 4.79 Å². The molecule has 0 saturated carbocycles. The molecule has 0 spiro atoms. The number of hydrogen-bond donors (Lipinski definition) is 2. The van der Waals surface area contributed by atoms with E-state index in [-0.39, 0.29) is 11.6 Å². The maximum absolute atomic E-state index is 11.8. The van der Waals surface area contributed by atoms with Crippen LogP contribution in [0, 0.1) is 6.92 Å². The lowest BCUT2D eigenvalue weighted by Gasteiger charge is -2.38. The van der Waals surface area contributed by atoms with E-state index in [1.165, 1.54) is 5.56 Å². The summed E-state index contributed by atoms with van der Waals surface area (Å²) in [4.78, 5) is 14.1. The molecule has 0 bridgehead atoms. The minimum Gasteiger partial charge on any atom is -0.373 e. The van der Waals surface area contributed by atoms with E-state index < -0.39 is 0 Å². The summed E-state index contributed by atoms with van der Waals surface area (Å²) in [7, 11) is 0. The second-order valence-corrected chi connectivity index (χ2v) is 6.13. The molecule has 5 heteroatoms. The Balaban J connectivity index is 1.68. The monoisotopic (exact) mass is 291 g/mol. The number of benzene rings is 1. The summed E-state index contributed by atoms with van der Waals surface area (Å²) in [5.74, 6) is 0. The molecule has 1 heterocycles. The van der Waals surface area contributed by atoms with Crippen LogP contribution in [0.2, 0.25) is 0 Å². The molecule has 2 rings (SSSR count). The van der Waals surface area contributed by atoms with Gasteiger partial charge in [0, 0.05) is 31.9 Å². The quantitative estimate of drug-likeness (QED) is 0.894. The van der Waals surface area contributed by atoms with Gasteiger partial charge in [0.2, 0.25) is 0 Å². The summed E-state index contributed by atoms with van der Waals surface area (Å²) in [6.07, 6.45) is 0. The van der Waals surface area contributed by atoms with Gasteiger partial charge in [-0.15, -0.1) is 0 Å². The van der Waals surface area contributed by atoms with Crippen molar-refractivity contribution in [3.63, 3.8) is 0 Å². The van der Waals surface area contributed by atoms with E-state index in [0.29, 0.717) is 6.54 Å². The number of aryl methyl sites for hydroxylation is 1. The molecule has 1 aromatic carbocycles. The minimum absolute atomic E-state index is 0.0948. The van der Waals surface area contributed by atoms with Crippen molar-refractivity contribution in [2.24, 2.45) is 0 Å². The summed E-state index contributed by atoms with van der Waals surface area (Å²) < 4.78 is 5.67. The summed E-state index contributed by atoms with van der Waals surface area (Å²) in [5, 5.41) is 5.72. The molecular formula is C16H25N3O2. The van der Waals surface area contributed by atoms with Crippen LogP contribution < -0.4 is 10.6 Å². The molecule has 1 aliphatic heterocycles. The lowest BCUT2D eigenvalue weighted by molar-refractivity contribution is -0.0852. The lowest BCUT2D eigenvalue weighted by atomic mass is 10.1. The molecule has 0 atom stereocenters. The van der Waals surface area contributed by atoms with E-state index >= 15 is 0 Å². The molecule has 1 aliphatic rings. The zero-order chi connectivity index (χ0) is 15.3.